The molecule has 1 amide bonds. The Labute approximate surface area is 198 Å². The van der Waals surface area contributed by atoms with Crippen LogP contribution >= 0.6 is 21.6 Å². The third kappa shape index (κ3) is 10.3. The first-order chi connectivity index (χ1) is 15.3. The lowest BCUT2D eigenvalue weighted by molar-refractivity contribution is -0.165. The molecule has 180 valence electrons. The van der Waals surface area contributed by atoms with E-state index in [1.54, 1.807) is 13.0 Å². The molecule has 0 aromatic rings. The first kappa shape index (κ1) is 26.6. The summed E-state index contributed by atoms with van der Waals surface area (Å²) >= 11 is 0. The van der Waals surface area contributed by atoms with E-state index in [1.807, 2.05) is 40.7 Å². The third-order valence-corrected chi connectivity index (χ3v) is 8.37. The SMILES string of the molecule is CC(OC(=O)CCCCC1CCSS1)OC(=O)NC(C)C(C)COC(=O)C1=CCCC=C1. The molecule has 1 saturated heterocycles. The number of allylic oxidation sites excluding steroid dienone is 2. The largest absolute Gasteiger partial charge is 0.462 e. The Balaban J connectivity index is 1.57. The molecular weight excluding hydrogens is 450 g/mol. The minimum absolute atomic E-state index is 0.117. The van der Waals surface area contributed by atoms with E-state index in [2.05, 4.69) is 5.32 Å². The van der Waals surface area contributed by atoms with Gasteiger partial charge in [0.25, 0.3) is 0 Å². The van der Waals surface area contributed by atoms with E-state index in [9.17, 15) is 14.4 Å². The summed E-state index contributed by atoms with van der Waals surface area (Å²) in [6.07, 6.45) is 10.2. The van der Waals surface area contributed by atoms with E-state index in [0.29, 0.717) is 17.2 Å². The van der Waals surface area contributed by atoms with Gasteiger partial charge in [-0.2, -0.15) is 0 Å². The fourth-order valence-corrected chi connectivity index (χ4v) is 6.21. The highest BCUT2D eigenvalue weighted by atomic mass is 33.1. The van der Waals surface area contributed by atoms with Crippen LogP contribution in [0.15, 0.2) is 23.8 Å². The van der Waals surface area contributed by atoms with E-state index < -0.39 is 12.4 Å². The van der Waals surface area contributed by atoms with Crippen LogP contribution < -0.4 is 5.32 Å². The number of amides is 1. The van der Waals surface area contributed by atoms with E-state index in [0.717, 1.165) is 32.1 Å². The van der Waals surface area contributed by atoms with Gasteiger partial charge in [0.05, 0.1) is 12.2 Å². The van der Waals surface area contributed by atoms with Crippen molar-refractivity contribution in [1.82, 2.24) is 5.32 Å². The number of ether oxygens (including phenoxy) is 3. The third-order valence-electron chi connectivity index (χ3n) is 5.36. The molecule has 1 N–H and O–H groups in total. The Bertz CT molecular complexity index is 690. The van der Waals surface area contributed by atoms with Gasteiger partial charge in [-0.05, 0) is 39.0 Å². The van der Waals surface area contributed by atoms with Crippen molar-refractivity contribution < 1.29 is 28.6 Å². The molecule has 0 radical (unpaired) electrons. The van der Waals surface area contributed by atoms with E-state index in [-0.39, 0.29) is 30.5 Å². The van der Waals surface area contributed by atoms with Crippen molar-refractivity contribution >= 4 is 39.6 Å². The van der Waals surface area contributed by atoms with Crippen molar-refractivity contribution in [1.29, 1.82) is 0 Å². The molecule has 32 heavy (non-hydrogen) atoms. The Morgan fingerprint density at radius 2 is 1.97 bits per heavy atom. The van der Waals surface area contributed by atoms with Crippen molar-refractivity contribution in [3.05, 3.63) is 23.8 Å². The van der Waals surface area contributed by atoms with Crippen LogP contribution in [0.3, 0.4) is 0 Å². The van der Waals surface area contributed by atoms with Gasteiger partial charge in [-0.1, -0.05) is 53.2 Å². The summed E-state index contributed by atoms with van der Waals surface area (Å²) < 4.78 is 15.6. The number of esters is 2. The Morgan fingerprint density at radius 3 is 2.66 bits per heavy atom. The summed E-state index contributed by atoms with van der Waals surface area (Å²) in [6, 6.07) is -0.291. The second-order valence-electron chi connectivity index (χ2n) is 8.19. The topological polar surface area (TPSA) is 90.9 Å². The van der Waals surface area contributed by atoms with Crippen molar-refractivity contribution in [3.8, 4) is 0 Å². The molecule has 1 fully saturated rings. The van der Waals surface area contributed by atoms with Crippen molar-refractivity contribution in [2.24, 2.45) is 5.92 Å². The van der Waals surface area contributed by atoms with Crippen LogP contribution in [0.2, 0.25) is 0 Å². The molecule has 2 rings (SSSR count). The lowest BCUT2D eigenvalue weighted by atomic mass is 10.1. The van der Waals surface area contributed by atoms with Crippen LogP contribution in [0.4, 0.5) is 4.79 Å². The van der Waals surface area contributed by atoms with E-state index in [1.165, 1.54) is 19.1 Å². The highest BCUT2D eigenvalue weighted by Gasteiger charge is 2.21. The molecule has 0 aromatic carbocycles. The van der Waals surface area contributed by atoms with Crippen LogP contribution in [0, 0.1) is 5.92 Å². The molecular formula is C23H35NO6S2. The van der Waals surface area contributed by atoms with Crippen LogP contribution in [0.1, 0.15) is 65.7 Å². The van der Waals surface area contributed by atoms with E-state index in [4.69, 9.17) is 14.2 Å². The maximum Gasteiger partial charge on any atom is 0.410 e. The second-order valence-corrected chi connectivity index (χ2v) is 11.0. The smallest absolute Gasteiger partial charge is 0.410 e. The van der Waals surface area contributed by atoms with Gasteiger partial charge in [-0.3, -0.25) is 4.79 Å². The number of rotatable bonds is 12. The fourth-order valence-electron chi connectivity index (χ4n) is 3.19. The van der Waals surface area contributed by atoms with Gasteiger partial charge >= 0.3 is 18.0 Å². The molecule has 1 aliphatic heterocycles. The zero-order valence-corrected chi connectivity index (χ0v) is 20.8. The van der Waals surface area contributed by atoms with Crippen molar-refractivity contribution in [2.75, 3.05) is 12.4 Å². The number of unbranched alkanes of at least 4 members (excludes halogenated alkanes) is 1. The lowest BCUT2D eigenvalue weighted by Crippen LogP contribution is -2.41. The Morgan fingerprint density at radius 1 is 1.16 bits per heavy atom. The highest BCUT2D eigenvalue weighted by Crippen LogP contribution is 2.39. The number of hydrogen-bond acceptors (Lipinski definition) is 8. The average Bonchev–Trinajstić information content (AvgIpc) is 3.28. The second kappa shape index (κ2) is 14.5. The summed E-state index contributed by atoms with van der Waals surface area (Å²) in [5, 5.41) is 3.40. The summed E-state index contributed by atoms with van der Waals surface area (Å²) in [7, 11) is 3.86. The summed E-state index contributed by atoms with van der Waals surface area (Å²) in [4.78, 5) is 36.1. The van der Waals surface area contributed by atoms with Crippen LogP contribution in [-0.2, 0) is 23.8 Å². The van der Waals surface area contributed by atoms with Gasteiger partial charge in [0.1, 0.15) is 0 Å². The standard InChI is InChI=1S/C23H35NO6S2/c1-16(15-28-22(26)19-9-5-4-6-10-19)17(2)24-23(27)30-18(3)29-21(25)12-8-7-11-20-13-14-31-32-20/h5,9-10,16-18,20H,4,6-8,11-15H2,1-3H3,(H,24,27). The maximum absolute atomic E-state index is 12.1. The molecule has 0 bridgehead atoms. The molecule has 2 aliphatic rings. The number of nitrogens with one attached hydrogen (secondary N) is 1. The number of hydrogen-bond donors (Lipinski definition) is 1. The zero-order valence-electron chi connectivity index (χ0n) is 19.2. The molecule has 4 atom stereocenters. The highest BCUT2D eigenvalue weighted by molar-refractivity contribution is 8.77. The van der Waals surface area contributed by atoms with Crippen molar-refractivity contribution in [3.63, 3.8) is 0 Å². The first-order valence-corrected chi connectivity index (χ1v) is 13.7. The predicted octanol–water partition coefficient (Wildman–Crippen LogP) is 5.16. The first-order valence-electron chi connectivity index (χ1n) is 11.3. The van der Waals surface area contributed by atoms with E-state index >= 15 is 0 Å². The zero-order chi connectivity index (χ0) is 23.3. The normalized spacial score (nSPS) is 20.6. The van der Waals surface area contributed by atoms with Gasteiger partial charge in [-0.15, -0.1) is 0 Å². The average molecular weight is 486 g/mol. The van der Waals surface area contributed by atoms with Gasteiger partial charge in [0.15, 0.2) is 0 Å². The Hall–Kier alpha value is -1.61. The van der Waals surface area contributed by atoms with Crippen LogP contribution in [0.5, 0.6) is 0 Å². The minimum atomic E-state index is -0.963. The summed E-state index contributed by atoms with van der Waals surface area (Å²) in [6.45, 7) is 5.37. The summed E-state index contributed by atoms with van der Waals surface area (Å²) in [5.41, 5.74) is 0.565. The molecule has 4 unspecified atom stereocenters. The number of carbonyl (C=O) groups is 3. The molecule has 0 spiro atoms. The lowest BCUT2D eigenvalue weighted by Gasteiger charge is -2.22. The van der Waals surface area contributed by atoms with Crippen LogP contribution in [0.25, 0.3) is 0 Å². The molecule has 1 heterocycles. The minimum Gasteiger partial charge on any atom is -0.462 e. The molecule has 0 saturated carbocycles. The monoisotopic (exact) mass is 485 g/mol. The Kier molecular flexibility index (Phi) is 12.1. The molecule has 9 heteroatoms. The maximum atomic E-state index is 12.1. The fraction of sp³-hybridized carbons (Fsp3) is 0.696. The van der Waals surface area contributed by atoms with Crippen LogP contribution in [-0.4, -0.2) is 48.0 Å². The quantitative estimate of drug-likeness (QED) is 0.175. The summed E-state index contributed by atoms with van der Waals surface area (Å²) in [5.74, 6) is 0.378. The molecule has 1 aliphatic carbocycles. The van der Waals surface area contributed by atoms with Gasteiger partial charge in [0, 0.05) is 36.3 Å². The molecule has 0 aromatic heterocycles. The predicted molar refractivity (Wildman–Crippen MR) is 128 cm³/mol. The van der Waals surface area contributed by atoms with Crippen molar-refractivity contribution in [2.45, 2.75) is 83.3 Å². The van der Waals surface area contributed by atoms with Gasteiger partial charge in [-0.25, -0.2) is 9.59 Å². The van der Waals surface area contributed by atoms with Gasteiger partial charge in [0.2, 0.25) is 6.29 Å². The number of alkyl carbamates (subject to hydrolysis) is 1. The molecule has 7 nitrogen and oxygen atoms in total. The number of carbonyl (C=O) groups excluding carboxylic acids is 3. The van der Waals surface area contributed by atoms with Gasteiger partial charge < -0.3 is 19.5 Å².